The maximum atomic E-state index is 16.3. The van der Waals surface area contributed by atoms with Gasteiger partial charge in [0, 0.05) is 22.2 Å². The second-order valence-corrected chi connectivity index (χ2v) is 11.5. The zero-order chi connectivity index (χ0) is 21.3. The summed E-state index contributed by atoms with van der Waals surface area (Å²) in [6, 6.07) is 4.69. The number of hydrogen-bond acceptors (Lipinski definition) is 3. The van der Waals surface area contributed by atoms with Gasteiger partial charge in [-0.2, -0.15) is 0 Å². The van der Waals surface area contributed by atoms with Crippen LogP contribution < -0.4 is 10.6 Å². The van der Waals surface area contributed by atoms with Gasteiger partial charge in [-0.15, -0.1) is 0 Å². The molecule has 2 heterocycles. The maximum Gasteiger partial charge on any atom is 0.252 e. The van der Waals surface area contributed by atoms with Crippen LogP contribution >= 0.6 is 45.8 Å². The first-order valence-electron chi connectivity index (χ1n) is 10.0. The molecule has 2 aliphatic rings. The van der Waals surface area contributed by atoms with Crippen molar-refractivity contribution in [2.45, 2.75) is 60.8 Å². The van der Waals surface area contributed by atoms with Crippen LogP contribution in [0.5, 0.6) is 0 Å². The summed E-state index contributed by atoms with van der Waals surface area (Å²) >= 11 is 14.3. The lowest BCUT2D eigenvalue weighted by atomic mass is 9.77. The minimum absolute atomic E-state index is 0.234. The largest absolute Gasteiger partial charge is 0.376 e. The summed E-state index contributed by atoms with van der Waals surface area (Å²) in [7, 11) is 0. The minimum Gasteiger partial charge on any atom is -0.376 e. The van der Waals surface area contributed by atoms with Gasteiger partial charge in [-0.25, -0.2) is 4.39 Å². The molecule has 2 N–H and O–H groups in total. The predicted octanol–water partition coefficient (Wildman–Crippen LogP) is 5.54. The first kappa shape index (κ1) is 23.5. The van der Waals surface area contributed by atoms with Gasteiger partial charge < -0.3 is 15.4 Å². The smallest absolute Gasteiger partial charge is 0.252 e. The predicted molar refractivity (Wildman–Crippen MR) is 124 cm³/mol. The summed E-state index contributed by atoms with van der Waals surface area (Å²) in [4.78, 5) is 13.1. The van der Waals surface area contributed by atoms with Gasteiger partial charge in [0.1, 0.15) is 9.21 Å². The van der Waals surface area contributed by atoms with E-state index in [0.717, 1.165) is 12.8 Å². The quantitative estimate of drug-likeness (QED) is 0.284. The molecule has 2 saturated heterocycles. The zero-order valence-corrected chi connectivity index (χ0v) is 20.5. The third-order valence-electron chi connectivity index (χ3n) is 5.91. The number of ether oxygens (including phenoxy) is 1. The summed E-state index contributed by atoms with van der Waals surface area (Å²) in [5.74, 6) is -0.0907. The van der Waals surface area contributed by atoms with E-state index in [1.165, 1.54) is 0 Å². The number of halogens is 4. The van der Waals surface area contributed by atoms with Gasteiger partial charge in [0.05, 0.1) is 5.60 Å². The van der Waals surface area contributed by atoms with Crippen LogP contribution in [-0.2, 0) is 4.74 Å². The molecule has 1 amide bonds. The molecule has 2 unspecified atom stereocenters. The molecular weight excluding hydrogens is 529 g/mol. The van der Waals surface area contributed by atoms with Gasteiger partial charge in [-0.3, -0.25) is 4.79 Å². The van der Waals surface area contributed by atoms with E-state index < -0.39 is 9.21 Å². The molecule has 0 aromatic heterocycles. The third kappa shape index (κ3) is 5.76. The maximum absolute atomic E-state index is 16.3. The second-order valence-electron chi connectivity index (χ2n) is 8.80. The molecule has 2 aliphatic heterocycles. The van der Waals surface area contributed by atoms with Crippen molar-refractivity contribution in [1.82, 2.24) is 10.6 Å². The van der Waals surface area contributed by atoms with Gasteiger partial charge in [-0.1, -0.05) is 45.8 Å². The summed E-state index contributed by atoms with van der Waals surface area (Å²) in [5.41, 5.74) is -1.39. The molecule has 0 radical (unpaired) electrons. The molecule has 2 atom stereocenters. The molecule has 0 spiro atoms. The molecule has 2 fully saturated rings. The van der Waals surface area contributed by atoms with Crippen molar-refractivity contribution in [2.24, 2.45) is 5.92 Å². The molecule has 0 saturated carbocycles. The van der Waals surface area contributed by atoms with Crippen molar-refractivity contribution in [1.29, 1.82) is 0 Å². The van der Waals surface area contributed by atoms with Gasteiger partial charge in [0.25, 0.3) is 5.91 Å². The van der Waals surface area contributed by atoms with Gasteiger partial charge in [0.15, 0.2) is 0 Å². The van der Waals surface area contributed by atoms with E-state index in [4.69, 9.17) is 27.9 Å². The first-order valence-corrected chi connectivity index (χ1v) is 11.9. The molecular formula is C21H28Cl2FIN2O2. The fourth-order valence-corrected chi connectivity index (χ4v) is 6.37. The Bertz CT molecular complexity index is 738. The standard InChI is InChI=1S/C21H28Cl2FIN2O2/c1-19(2)12-14(3-8-29-19)13-21(25,20(24)4-6-26-7-5-20)27-18(28)15-9-16(22)11-17(23)10-15/h9-11,14,26H,3-8,12-13H2,1-2H3,(H,27,28). The van der Waals surface area contributed by atoms with Crippen LogP contribution in [-0.4, -0.2) is 40.4 Å². The molecule has 162 valence electrons. The molecule has 1 aromatic rings. The van der Waals surface area contributed by atoms with E-state index in [2.05, 4.69) is 47.1 Å². The SMILES string of the molecule is CC1(C)CC(CC(I)(NC(=O)c2cc(Cl)cc(Cl)c2)C2(F)CCNCC2)CCO1. The fraction of sp³-hybridized carbons (Fsp3) is 0.667. The highest BCUT2D eigenvalue weighted by Gasteiger charge is 2.53. The second kappa shape index (κ2) is 9.15. The van der Waals surface area contributed by atoms with Crippen molar-refractivity contribution >= 4 is 51.7 Å². The number of rotatable bonds is 5. The molecule has 8 heteroatoms. The van der Waals surface area contributed by atoms with Gasteiger partial charge >= 0.3 is 0 Å². The number of carbonyl (C=O) groups is 1. The van der Waals surface area contributed by atoms with Crippen LogP contribution in [0.1, 0.15) is 56.3 Å². The van der Waals surface area contributed by atoms with Crippen molar-refractivity contribution in [3.8, 4) is 0 Å². The lowest BCUT2D eigenvalue weighted by Gasteiger charge is -2.47. The average molecular weight is 557 g/mol. The zero-order valence-electron chi connectivity index (χ0n) is 16.8. The number of piperidine rings is 1. The van der Waals surface area contributed by atoms with Crippen molar-refractivity contribution < 1.29 is 13.9 Å². The topological polar surface area (TPSA) is 50.4 Å². The van der Waals surface area contributed by atoms with Gasteiger partial charge in [0.2, 0.25) is 0 Å². The van der Waals surface area contributed by atoms with E-state index in [0.29, 0.717) is 54.6 Å². The highest BCUT2D eigenvalue weighted by atomic mass is 127. The number of amides is 1. The van der Waals surface area contributed by atoms with Crippen molar-refractivity contribution in [2.75, 3.05) is 19.7 Å². The summed E-state index contributed by atoms with van der Waals surface area (Å²) < 4.78 is 21.1. The van der Waals surface area contributed by atoms with Gasteiger partial charge in [-0.05, 0) is 83.2 Å². The lowest BCUT2D eigenvalue weighted by Crippen LogP contribution is -2.62. The monoisotopic (exact) mass is 556 g/mol. The Morgan fingerprint density at radius 2 is 1.93 bits per heavy atom. The first-order chi connectivity index (χ1) is 13.5. The van der Waals surface area contributed by atoms with Crippen LogP contribution in [0.2, 0.25) is 10.0 Å². The minimum atomic E-state index is -1.50. The van der Waals surface area contributed by atoms with Crippen LogP contribution in [0, 0.1) is 5.92 Å². The summed E-state index contributed by atoms with van der Waals surface area (Å²) in [6.07, 6.45) is 2.97. The Hall–Kier alpha value is -0.150. The number of alkyl halides is 2. The molecule has 4 nitrogen and oxygen atoms in total. The molecule has 1 aromatic carbocycles. The molecule has 3 rings (SSSR count). The Morgan fingerprint density at radius 3 is 2.52 bits per heavy atom. The Labute approximate surface area is 195 Å². The Balaban J connectivity index is 1.86. The third-order valence-corrected chi connectivity index (χ3v) is 8.02. The van der Waals surface area contributed by atoms with Crippen LogP contribution in [0.4, 0.5) is 4.39 Å². The molecule has 29 heavy (non-hydrogen) atoms. The highest BCUT2D eigenvalue weighted by molar-refractivity contribution is 14.1. The average Bonchev–Trinajstić information content (AvgIpc) is 2.60. The van der Waals surface area contributed by atoms with Crippen LogP contribution in [0.15, 0.2) is 18.2 Å². The summed E-state index contributed by atoms with van der Waals surface area (Å²) in [5, 5.41) is 7.01. The number of carbonyl (C=O) groups excluding carboxylic acids is 1. The van der Waals surface area contributed by atoms with E-state index in [9.17, 15) is 4.79 Å². The Morgan fingerprint density at radius 1 is 1.31 bits per heavy atom. The number of nitrogens with one attached hydrogen (secondary N) is 2. The highest BCUT2D eigenvalue weighted by Crippen LogP contribution is 2.46. The van der Waals surface area contributed by atoms with E-state index in [-0.39, 0.29) is 17.4 Å². The van der Waals surface area contributed by atoms with E-state index in [1.807, 2.05) is 0 Å². The van der Waals surface area contributed by atoms with Crippen molar-refractivity contribution in [3.05, 3.63) is 33.8 Å². The number of hydrogen-bond donors (Lipinski definition) is 2. The summed E-state index contributed by atoms with van der Waals surface area (Å²) in [6.45, 7) is 5.98. The van der Waals surface area contributed by atoms with E-state index >= 15 is 4.39 Å². The molecule has 0 aliphatic carbocycles. The van der Waals surface area contributed by atoms with Crippen LogP contribution in [0.25, 0.3) is 0 Å². The number of benzene rings is 1. The van der Waals surface area contributed by atoms with Crippen molar-refractivity contribution in [3.63, 3.8) is 0 Å². The van der Waals surface area contributed by atoms with E-state index in [1.54, 1.807) is 18.2 Å². The fourth-order valence-electron chi connectivity index (χ4n) is 4.43. The van der Waals surface area contributed by atoms with Crippen LogP contribution in [0.3, 0.4) is 0 Å². The lowest BCUT2D eigenvalue weighted by molar-refractivity contribution is -0.0792. The normalized spacial score (nSPS) is 25.8. The Kier molecular flexibility index (Phi) is 7.42. The molecule has 0 bridgehead atoms.